The number of hydrogen-bond acceptors (Lipinski definition) is 6. The highest BCUT2D eigenvalue weighted by molar-refractivity contribution is 5.79. The fraction of sp³-hybridized carbons (Fsp3) is 0.450. The number of nitrogens with one attached hydrogen (secondary N) is 1. The Hall–Kier alpha value is -2.83. The zero-order valence-corrected chi connectivity index (χ0v) is 15.9. The van der Waals surface area contributed by atoms with Crippen molar-refractivity contribution in [2.75, 3.05) is 38.8 Å². The zero-order valence-electron chi connectivity index (χ0n) is 15.9. The highest BCUT2D eigenvalue weighted by Crippen LogP contribution is 2.22. The topological polar surface area (TPSA) is 76.6 Å². The molecule has 0 spiro atoms. The average molecular weight is 370 g/mol. The van der Waals surface area contributed by atoms with Crippen LogP contribution in [0.1, 0.15) is 18.4 Å². The summed E-state index contributed by atoms with van der Waals surface area (Å²) >= 11 is 0. The molecular weight excluding hydrogens is 344 g/mol. The maximum atomic E-state index is 12.6. The molecular formula is C20H26N4O3. The predicted molar refractivity (Wildman–Crippen MR) is 103 cm³/mol. The van der Waals surface area contributed by atoms with Gasteiger partial charge in [-0.15, -0.1) is 10.2 Å². The molecule has 0 aliphatic carbocycles. The smallest absolute Gasteiger partial charge is 0.233 e. The van der Waals surface area contributed by atoms with Gasteiger partial charge in [0.25, 0.3) is 0 Å². The molecule has 1 aliphatic rings. The van der Waals surface area contributed by atoms with Crippen LogP contribution >= 0.6 is 0 Å². The molecule has 1 aromatic heterocycles. The second-order valence-corrected chi connectivity index (χ2v) is 6.61. The van der Waals surface area contributed by atoms with Crippen molar-refractivity contribution < 1.29 is 14.3 Å². The quantitative estimate of drug-likeness (QED) is 0.804. The summed E-state index contributed by atoms with van der Waals surface area (Å²) < 4.78 is 10.2. The number of aromatic nitrogens is 2. The van der Waals surface area contributed by atoms with E-state index in [4.69, 9.17) is 9.47 Å². The first-order valence-corrected chi connectivity index (χ1v) is 9.23. The van der Waals surface area contributed by atoms with Gasteiger partial charge in [-0.25, -0.2) is 0 Å². The Kier molecular flexibility index (Phi) is 6.46. The van der Waals surface area contributed by atoms with Crippen LogP contribution in [-0.2, 0) is 11.2 Å². The van der Waals surface area contributed by atoms with Crippen LogP contribution in [0, 0.1) is 5.92 Å². The van der Waals surface area contributed by atoms with Crippen LogP contribution in [0.25, 0.3) is 0 Å². The monoisotopic (exact) mass is 370 g/mol. The maximum Gasteiger partial charge on any atom is 0.233 e. The molecule has 7 nitrogen and oxygen atoms in total. The fourth-order valence-electron chi connectivity index (χ4n) is 3.26. The number of methoxy groups -OCH3 is 2. The number of rotatable bonds is 7. The summed E-state index contributed by atoms with van der Waals surface area (Å²) in [7, 11) is 3.22. The van der Waals surface area contributed by atoms with Crippen molar-refractivity contribution in [2.24, 2.45) is 5.92 Å². The number of carbonyl (C=O) groups excluding carboxylic acids is 1. The molecule has 1 aliphatic heterocycles. The Bertz CT molecular complexity index is 734. The lowest BCUT2D eigenvalue weighted by molar-refractivity contribution is -0.125. The SMILES string of the molecule is COc1ccc(CCNC(=O)[C@H]2CCCN(c3ccc(OC)nn3)C2)cc1. The number of piperidine rings is 1. The predicted octanol–water partition coefficient (Wildman–Crippen LogP) is 2.07. The second kappa shape index (κ2) is 9.21. The lowest BCUT2D eigenvalue weighted by atomic mass is 9.97. The van der Waals surface area contributed by atoms with E-state index in [2.05, 4.69) is 20.4 Å². The number of carbonyl (C=O) groups is 1. The van der Waals surface area contributed by atoms with Crippen molar-refractivity contribution >= 4 is 11.7 Å². The van der Waals surface area contributed by atoms with Gasteiger partial charge >= 0.3 is 0 Å². The molecule has 1 N–H and O–H groups in total. The van der Waals surface area contributed by atoms with Crippen LogP contribution in [0.5, 0.6) is 11.6 Å². The van der Waals surface area contributed by atoms with E-state index in [0.29, 0.717) is 19.0 Å². The molecule has 1 fully saturated rings. The van der Waals surface area contributed by atoms with Crippen molar-refractivity contribution in [1.82, 2.24) is 15.5 Å². The first-order valence-electron chi connectivity index (χ1n) is 9.23. The normalized spacial score (nSPS) is 16.7. The molecule has 144 valence electrons. The third-order valence-electron chi connectivity index (χ3n) is 4.82. The highest BCUT2D eigenvalue weighted by atomic mass is 16.5. The Morgan fingerprint density at radius 3 is 2.63 bits per heavy atom. The lowest BCUT2D eigenvalue weighted by Gasteiger charge is -2.32. The summed E-state index contributed by atoms with van der Waals surface area (Å²) in [5.74, 6) is 2.19. The molecule has 1 aromatic carbocycles. The zero-order chi connectivity index (χ0) is 19.1. The average Bonchev–Trinajstić information content (AvgIpc) is 2.74. The molecule has 2 aromatic rings. The number of amides is 1. The molecule has 0 unspecified atom stereocenters. The largest absolute Gasteiger partial charge is 0.497 e. The summed E-state index contributed by atoms with van der Waals surface area (Å²) in [5.41, 5.74) is 1.18. The summed E-state index contributed by atoms with van der Waals surface area (Å²) in [4.78, 5) is 14.7. The first kappa shape index (κ1) is 18.9. The molecule has 0 saturated carbocycles. The fourth-order valence-corrected chi connectivity index (χ4v) is 3.26. The molecule has 1 saturated heterocycles. The van der Waals surface area contributed by atoms with Crippen molar-refractivity contribution in [3.63, 3.8) is 0 Å². The first-order chi connectivity index (χ1) is 13.2. The minimum absolute atomic E-state index is 0.0291. The third kappa shape index (κ3) is 5.09. The molecule has 3 rings (SSSR count). The van der Waals surface area contributed by atoms with Gasteiger partial charge in [-0.3, -0.25) is 4.79 Å². The van der Waals surface area contributed by atoms with Gasteiger partial charge in [0.05, 0.1) is 20.1 Å². The van der Waals surface area contributed by atoms with E-state index in [0.717, 1.165) is 37.4 Å². The third-order valence-corrected chi connectivity index (χ3v) is 4.82. The molecule has 27 heavy (non-hydrogen) atoms. The number of ether oxygens (including phenoxy) is 2. The van der Waals surface area contributed by atoms with Gasteiger partial charge in [0.2, 0.25) is 11.8 Å². The maximum absolute atomic E-state index is 12.6. The number of hydrogen-bond donors (Lipinski definition) is 1. The second-order valence-electron chi connectivity index (χ2n) is 6.61. The molecule has 0 radical (unpaired) electrons. The molecule has 1 amide bonds. The highest BCUT2D eigenvalue weighted by Gasteiger charge is 2.26. The van der Waals surface area contributed by atoms with E-state index in [9.17, 15) is 4.79 Å². The van der Waals surface area contributed by atoms with Crippen LogP contribution in [-0.4, -0.2) is 50.0 Å². The number of anilines is 1. The van der Waals surface area contributed by atoms with Crippen molar-refractivity contribution in [2.45, 2.75) is 19.3 Å². The van der Waals surface area contributed by atoms with Gasteiger partial charge in [-0.1, -0.05) is 12.1 Å². The summed E-state index contributed by atoms with van der Waals surface area (Å²) in [6.07, 6.45) is 2.66. The Balaban J connectivity index is 1.48. The lowest BCUT2D eigenvalue weighted by Crippen LogP contribution is -2.43. The number of benzene rings is 1. The summed E-state index contributed by atoms with van der Waals surface area (Å²) in [6.45, 7) is 2.18. The summed E-state index contributed by atoms with van der Waals surface area (Å²) in [6, 6.07) is 11.6. The Morgan fingerprint density at radius 2 is 1.96 bits per heavy atom. The standard InChI is InChI=1S/C20H26N4O3/c1-26-17-7-5-15(6-8-17)11-12-21-20(25)16-4-3-13-24(14-16)18-9-10-19(27-2)23-22-18/h5-10,16H,3-4,11-14H2,1-2H3,(H,21,25)/t16-/m0/s1. The Labute approximate surface area is 159 Å². The molecule has 1 atom stereocenters. The molecule has 0 bridgehead atoms. The van der Waals surface area contributed by atoms with Gasteiger partial charge in [-0.2, -0.15) is 0 Å². The van der Waals surface area contributed by atoms with Crippen LogP contribution in [0.2, 0.25) is 0 Å². The summed E-state index contributed by atoms with van der Waals surface area (Å²) in [5, 5.41) is 11.3. The Morgan fingerprint density at radius 1 is 1.15 bits per heavy atom. The van der Waals surface area contributed by atoms with Gasteiger partial charge in [0, 0.05) is 25.7 Å². The minimum atomic E-state index is -0.0291. The van der Waals surface area contributed by atoms with Gasteiger partial charge in [0.15, 0.2) is 5.82 Å². The van der Waals surface area contributed by atoms with E-state index >= 15 is 0 Å². The minimum Gasteiger partial charge on any atom is -0.497 e. The molecule has 2 heterocycles. The van der Waals surface area contributed by atoms with Crippen LogP contribution in [0.4, 0.5) is 5.82 Å². The van der Waals surface area contributed by atoms with Crippen molar-refractivity contribution in [3.8, 4) is 11.6 Å². The molecule has 7 heteroatoms. The van der Waals surface area contributed by atoms with Crippen molar-refractivity contribution in [3.05, 3.63) is 42.0 Å². The van der Waals surface area contributed by atoms with E-state index in [1.165, 1.54) is 5.56 Å². The van der Waals surface area contributed by atoms with E-state index in [1.54, 1.807) is 20.3 Å². The van der Waals surface area contributed by atoms with E-state index in [-0.39, 0.29) is 11.8 Å². The van der Waals surface area contributed by atoms with Crippen molar-refractivity contribution in [1.29, 1.82) is 0 Å². The van der Waals surface area contributed by atoms with E-state index in [1.807, 2.05) is 30.3 Å². The number of nitrogens with zero attached hydrogens (tertiary/aromatic N) is 3. The van der Waals surface area contributed by atoms with E-state index < -0.39 is 0 Å². The van der Waals surface area contributed by atoms with Gasteiger partial charge < -0.3 is 19.7 Å². The van der Waals surface area contributed by atoms with Crippen LogP contribution in [0.15, 0.2) is 36.4 Å². The van der Waals surface area contributed by atoms with Crippen LogP contribution < -0.4 is 19.7 Å². The van der Waals surface area contributed by atoms with Gasteiger partial charge in [-0.05, 0) is 43.0 Å². The van der Waals surface area contributed by atoms with Gasteiger partial charge in [0.1, 0.15) is 5.75 Å². The van der Waals surface area contributed by atoms with Crippen LogP contribution in [0.3, 0.4) is 0 Å².